The van der Waals surface area contributed by atoms with Gasteiger partial charge in [0, 0.05) is 0 Å². The number of ether oxygens (including phenoxy) is 1. The molecule has 27 heavy (non-hydrogen) atoms. The fraction of sp³-hybridized carbons (Fsp3) is 0.667. The van der Waals surface area contributed by atoms with Crippen molar-refractivity contribution >= 4 is 5.97 Å². The fourth-order valence-corrected chi connectivity index (χ4v) is 3.03. The van der Waals surface area contributed by atoms with E-state index in [4.69, 9.17) is 4.74 Å². The van der Waals surface area contributed by atoms with Crippen molar-refractivity contribution in [2.45, 2.75) is 90.3 Å². The molecule has 0 saturated carbocycles. The third kappa shape index (κ3) is 8.31. The van der Waals surface area contributed by atoms with Crippen molar-refractivity contribution < 1.29 is 27.1 Å². The molecule has 0 fully saturated rings. The first-order valence-corrected chi connectivity index (χ1v) is 9.87. The highest BCUT2D eigenvalue weighted by atomic mass is 19.4. The van der Waals surface area contributed by atoms with Crippen molar-refractivity contribution in [3.63, 3.8) is 0 Å². The van der Waals surface area contributed by atoms with E-state index in [9.17, 15) is 22.4 Å². The van der Waals surface area contributed by atoms with Gasteiger partial charge in [0.2, 0.25) is 0 Å². The van der Waals surface area contributed by atoms with E-state index < -0.39 is 35.2 Å². The van der Waals surface area contributed by atoms with Crippen LogP contribution in [0.4, 0.5) is 17.6 Å². The summed E-state index contributed by atoms with van der Waals surface area (Å²) < 4.78 is 58.1. The standard InChI is InChI=1S/C21H30F4O2/c1-3-5-6-7-8-9-10-11-13-16(4-2)27-20(26)19-17(21(23,24)25)14-12-15-18(19)22/h12,14-16H,3-11,13H2,1-2H3. The summed E-state index contributed by atoms with van der Waals surface area (Å²) >= 11 is 0. The second kappa shape index (κ2) is 12.0. The molecule has 0 N–H and O–H groups in total. The molecule has 0 saturated heterocycles. The number of carbonyl (C=O) groups excluding carboxylic acids is 1. The lowest BCUT2D eigenvalue weighted by Crippen LogP contribution is -2.22. The van der Waals surface area contributed by atoms with E-state index >= 15 is 0 Å². The van der Waals surface area contributed by atoms with Crippen LogP contribution in [0.15, 0.2) is 18.2 Å². The van der Waals surface area contributed by atoms with Gasteiger partial charge in [0.05, 0.1) is 5.56 Å². The molecule has 1 aromatic carbocycles. The second-order valence-electron chi connectivity index (χ2n) is 6.86. The van der Waals surface area contributed by atoms with Gasteiger partial charge in [-0.15, -0.1) is 0 Å². The number of esters is 1. The van der Waals surface area contributed by atoms with E-state index in [-0.39, 0.29) is 0 Å². The summed E-state index contributed by atoms with van der Waals surface area (Å²) in [5.74, 6) is -2.46. The quantitative estimate of drug-likeness (QED) is 0.212. The van der Waals surface area contributed by atoms with Crippen LogP contribution >= 0.6 is 0 Å². The molecule has 0 aromatic heterocycles. The van der Waals surface area contributed by atoms with Gasteiger partial charge in [-0.25, -0.2) is 9.18 Å². The molecule has 1 rings (SSSR count). The highest BCUT2D eigenvalue weighted by Crippen LogP contribution is 2.33. The molecule has 0 aliphatic carbocycles. The predicted molar refractivity (Wildman–Crippen MR) is 98.1 cm³/mol. The lowest BCUT2D eigenvalue weighted by molar-refractivity contribution is -0.138. The minimum absolute atomic E-state index is 0.484. The van der Waals surface area contributed by atoms with Gasteiger partial charge in [0.15, 0.2) is 0 Å². The van der Waals surface area contributed by atoms with Crippen molar-refractivity contribution in [3.05, 3.63) is 35.1 Å². The van der Waals surface area contributed by atoms with E-state index in [1.54, 1.807) is 6.92 Å². The van der Waals surface area contributed by atoms with Crippen LogP contribution in [0.3, 0.4) is 0 Å². The third-order valence-corrected chi connectivity index (χ3v) is 4.63. The molecule has 0 aliphatic rings. The number of halogens is 4. The molecule has 154 valence electrons. The van der Waals surface area contributed by atoms with Crippen molar-refractivity contribution in [2.24, 2.45) is 0 Å². The molecule has 0 bridgehead atoms. The van der Waals surface area contributed by atoms with Crippen LogP contribution in [0.5, 0.6) is 0 Å². The zero-order valence-electron chi connectivity index (χ0n) is 16.2. The Morgan fingerprint density at radius 2 is 1.59 bits per heavy atom. The van der Waals surface area contributed by atoms with Gasteiger partial charge in [0.25, 0.3) is 0 Å². The van der Waals surface area contributed by atoms with Gasteiger partial charge in [0.1, 0.15) is 17.5 Å². The lowest BCUT2D eigenvalue weighted by Gasteiger charge is -2.18. The molecule has 0 radical (unpaired) electrons. The van der Waals surface area contributed by atoms with E-state index in [2.05, 4.69) is 6.92 Å². The average Bonchev–Trinajstić information content (AvgIpc) is 2.61. The summed E-state index contributed by atoms with van der Waals surface area (Å²) in [6, 6.07) is 2.47. The molecule has 0 heterocycles. The molecule has 0 spiro atoms. The molecule has 6 heteroatoms. The maximum absolute atomic E-state index is 13.9. The van der Waals surface area contributed by atoms with E-state index in [0.29, 0.717) is 18.9 Å². The predicted octanol–water partition coefficient (Wildman–Crippen LogP) is 7.31. The van der Waals surface area contributed by atoms with Crippen molar-refractivity contribution in [1.82, 2.24) is 0 Å². The van der Waals surface area contributed by atoms with E-state index in [1.165, 1.54) is 32.1 Å². The monoisotopic (exact) mass is 390 g/mol. The molecule has 1 atom stereocenters. The van der Waals surface area contributed by atoms with Gasteiger partial charge >= 0.3 is 12.1 Å². The van der Waals surface area contributed by atoms with Crippen LogP contribution in [-0.2, 0) is 10.9 Å². The summed E-state index contributed by atoms with van der Waals surface area (Å²) in [6.45, 7) is 3.97. The van der Waals surface area contributed by atoms with Gasteiger partial charge in [-0.05, 0) is 31.4 Å². The number of alkyl halides is 3. The first-order chi connectivity index (χ1) is 12.8. The Hall–Kier alpha value is -1.59. The zero-order chi connectivity index (χ0) is 20.3. The molecule has 2 nitrogen and oxygen atoms in total. The van der Waals surface area contributed by atoms with Gasteiger partial charge in [-0.3, -0.25) is 0 Å². The first-order valence-electron chi connectivity index (χ1n) is 9.87. The third-order valence-electron chi connectivity index (χ3n) is 4.63. The number of hydrogen-bond acceptors (Lipinski definition) is 2. The summed E-state index contributed by atoms with van der Waals surface area (Å²) in [6.07, 6.45) is 4.77. The number of benzene rings is 1. The Bertz CT molecular complexity index is 570. The van der Waals surface area contributed by atoms with Crippen molar-refractivity contribution in [3.8, 4) is 0 Å². The maximum Gasteiger partial charge on any atom is 0.417 e. The second-order valence-corrected chi connectivity index (χ2v) is 6.86. The Morgan fingerprint density at radius 3 is 2.15 bits per heavy atom. The van der Waals surface area contributed by atoms with Gasteiger partial charge in [-0.2, -0.15) is 13.2 Å². The van der Waals surface area contributed by atoms with Crippen LogP contribution in [0.1, 0.15) is 94.0 Å². The number of carbonyl (C=O) groups is 1. The highest BCUT2D eigenvalue weighted by molar-refractivity contribution is 5.91. The van der Waals surface area contributed by atoms with Crippen LogP contribution in [0, 0.1) is 5.82 Å². The van der Waals surface area contributed by atoms with Crippen molar-refractivity contribution in [1.29, 1.82) is 0 Å². The number of unbranched alkanes of at least 4 members (excludes halogenated alkanes) is 7. The summed E-state index contributed by atoms with van der Waals surface area (Å²) in [7, 11) is 0. The SMILES string of the molecule is CCCCCCCCCCC(CC)OC(=O)c1c(F)cccc1C(F)(F)F. The minimum atomic E-state index is -4.81. The van der Waals surface area contributed by atoms with E-state index in [0.717, 1.165) is 31.4 Å². The van der Waals surface area contributed by atoms with E-state index in [1.807, 2.05) is 0 Å². The largest absolute Gasteiger partial charge is 0.459 e. The van der Waals surface area contributed by atoms with Crippen LogP contribution in [-0.4, -0.2) is 12.1 Å². The molecule has 1 unspecified atom stereocenters. The number of hydrogen-bond donors (Lipinski definition) is 0. The smallest absolute Gasteiger partial charge is 0.417 e. The Labute approximate surface area is 159 Å². The highest BCUT2D eigenvalue weighted by Gasteiger charge is 2.37. The Balaban J connectivity index is 2.53. The molecule has 0 aliphatic heterocycles. The Kier molecular flexibility index (Phi) is 10.4. The summed E-state index contributed by atoms with van der Waals surface area (Å²) in [5, 5.41) is 0. The normalized spacial score (nSPS) is 12.8. The Morgan fingerprint density at radius 1 is 1.00 bits per heavy atom. The molecule has 1 aromatic rings. The fourth-order valence-electron chi connectivity index (χ4n) is 3.03. The summed E-state index contributed by atoms with van der Waals surface area (Å²) in [4.78, 5) is 12.2. The first kappa shape index (κ1) is 23.4. The average molecular weight is 390 g/mol. The van der Waals surface area contributed by atoms with Crippen LogP contribution in [0.25, 0.3) is 0 Å². The molecular formula is C21H30F4O2. The van der Waals surface area contributed by atoms with Crippen molar-refractivity contribution in [2.75, 3.05) is 0 Å². The zero-order valence-corrected chi connectivity index (χ0v) is 16.2. The van der Waals surface area contributed by atoms with Gasteiger partial charge in [-0.1, -0.05) is 64.9 Å². The minimum Gasteiger partial charge on any atom is -0.459 e. The van der Waals surface area contributed by atoms with Crippen LogP contribution in [0.2, 0.25) is 0 Å². The molecule has 0 amide bonds. The lowest BCUT2D eigenvalue weighted by atomic mass is 10.0. The number of rotatable bonds is 12. The summed E-state index contributed by atoms with van der Waals surface area (Å²) in [5.41, 5.74) is -2.33. The molecular weight excluding hydrogens is 360 g/mol. The van der Waals surface area contributed by atoms with Crippen LogP contribution < -0.4 is 0 Å². The maximum atomic E-state index is 13.9. The van der Waals surface area contributed by atoms with Gasteiger partial charge < -0.3 is 4.74 Å². The topological polar surface area (TPSA) is 26.3 Å².